The van der Waals surface area contributed by atoms with E-state index in [2.05, 4.69) is 5.32 Å². The second-order valence-corrected chi connectivity index (χ2v) is 7.23. The van der Waals surface area contributed by atoms with Crippen molar-refractivity contribution in [2.75, 3.05) is 5.32 Å². The van der Waals surface area contributed by atoms with Gasteiger partial charge < -0.3 is 20.4 Å². The Kier molecular flexibility index (Phi) is 5.34. The number of amides is 3. The molecule has 3 amide bonds. The molecule has 0 radical (unpaired) electrons. The normalized spacial score (nSPS) is 15.3. The smallest absolute Gasteiger partial charge is 0.290 e. The number of nitrogens with one attached hydrogen (secondary N) is 1. The molecule has 0 spiro atoms. The fourth-order valence-electron chi connectivity index (χ4n) is 3.65. The van der Waals surface area contributed by atoms with E-state index in [-0.39, 0.29) is 24.0 Å². The highest BCUT2D eigenvalue weighted by molar-refractivity contribution is 6.00. The second kappa shape index (κ2) is 8.24. The summed E-state index contributed by atoms with van der Waals surface area (Å²) in [5, 5.41) is 2.87. The number of nitrogens with zero attached hydrogens (tertiary/aromatic N) is 1. The Hall–Kier alpha value is -3.87. The van der Waals surface area contributed by atoms with Crippen molar-refractivity contribution in [2.24, 2.45) is 5.73 Å². The fraction of sp³-hybridized carbons (Fsp3) is 0.174. The van der Waals surface area contributed by atoms with Crippen molar-refractivity contribution in [1.82, 2.24) is 4.90 Å². The summed E-state index contributed by atoms with van der Waals surface area (Å²) in [5.74, 6) is -0.832. The summed E-state index contributed by atoms with van der Waals surface area (Å²) in [6, 6.07) is 17.2. The minimum absolute atomic E-state index is 0.138. The fourth-order valence-corrected chi connectivity index (χ4v) is 3.65. The van der Waals surface area contributed by atoms with E-state index < -0.39 is 11.9 Å². The standard InChI is InChI=1S/C23H21N3O4/c24-21(27)12-15-7-9-18(10-8-15)25-22(28)19-13-16-4-1-2-5-17(16)14-26(19)23(29)20-6-3-11-30-20/h1-11,19H,12-14H2,(H2,24,27)(H,25,28). The highest BCUT2D eigenvalue weighted by Crippen LogP contribution is 2.26. The topological polar surface area (TPSA) is 106 Å². The number of carbonyl (C=O) groups is 3. The van der Waals surface area contributed by atoms with Crippen LogP contribution in [0.1, 0.15) is 27.2 Å². The van der Waals surface area contributed by atoms with E-state index in [4.69, 9.17) is 10.2 Å². The van der Waals surface area contributed by atoms with Gasteiger partial charge in [0.1, 0.15) is 6.04 Å². The predicted octanol–water partition coefficient (Wildman–Crippen LogP) is 2.51. The number of anilines is 1. The molecule has 2 aromatic carbocycles. The average molecular weight is 403 g/mol. The lowest BCUT2D eigenvalue weighted by Gasteiger charge is -2.35. The van der Waals surface area contributed by atoms with Crippen LogP contribution in [0.15, 0.2) is 71.3 Å². The molecule has 1 unspecified atom stereocenters. The van der Waals surface area contributed by atoms with Gasteiger partial charge in [0.25, 0.3) is 5.91 Å². The highest BCUT2D eigenvalue weighted by Gasteiger charge is 2.36. The van der Waals surface area contributed by atoms with Gasteiger partial charge in [-0.3, -0.25) is 14.4 Å². The van der Waals surface area contributed by atoms with Crippen LogP contribution in [0.5, 0.6) is 0 Å². The number of benzene rings is 2. The Morgan fingerprint density at radius 3 is 2.40 bits per heavy atom. The van der Waals surface area contributed by atoms with Crippen LogP contribution in [0.25, 0.3) is 0 Å². The molecule has 0 aliphatic carbocycles. The Morgan fingerprint density at radius 2 is 1.73 bits per heavy atom. The highest BCUT2D eigenvalue weighted by atomic mass is 16.3. The maximum Gasteiger partial charge on any atom is 0.290 e. The molecule has 4 rings (SSSR count). The van der Waals surface area contributed by atoms with E-state index in [9.17, 15) is 14.4 Å². The lowest BCUT2D eigenvalue weighted by molar-refractivity contribution is -0.121. The van der Waals surface area contributed by atoms with Crippen LogP contribution in [0.2, 0.25) is 0 Å². The zero-order valence-corrected chi connectivity index (χ0v) is 16.2. The number of carbonyl (C=O) groups excluding carboxylic acids is 3. The zero-order valence-electron chi connectivity index (χ0n) is 16.2. The first-order valence-electron chi connectivity index (χ1n) is 9.60. The summed E-state index contributed by atoms with van der Waals surface area (Å²) in [7, 11) is 0. The molecular formula is C23H21N3O4. The third-order valence-corrected chi connectivity index (χ3v) is 5.14. The number of hydrogen-bond acceptors (Lipinski definition) is 4. The van der Waals surface area contributed by atoms with E-state index in [0.717, 1.165) is 16.7 Å². The molecule has 2 heterocycles. The largest absolute Gasteiger partial charge is 0.459 e. The minimum Gasteiger partial charge on any atom is -0.459 e. The van der Waals surface area contributed by atoms with Crippen LogP contribution in [0.4, 0.5) is 5.69 Å². The molecule has 3 N–H and O–H groups in total. The molecule has 1 aromatic heterocycles. The summed E-state index contributed by atoms with van der Waals surface area (Å²) in [6.07, 6.45) is 1.99. The Balaban J connectivity index is 1.56. The Labute approximate surface area is 173 Å². The van der Waals surface area contributed by atoms with Crippen LogP contribution in [0, 0.1) is 0 Å². The Bertz CT molecular complexity index is 1070. The van der Waals surface area contributed by atoms with Crippen LogP contribution in [0.3, 0.4) is 0 Å². The van der Waals surface area contributed by atoms with E-state index in [1.807, 2.05) is 24.3 Å². The molecule has 152 valence electrons. The molecule has 0 fully saturated rings. The van der Waals surface area contributed by atoms with Crippen molar-refractivity contribution in [3.63, 3.8) is 0 Å². The van der Waals surface area contributed by atoms with Crippen molar-refractivity contribution >= 4 is 23.4 Å². The SMILES string of the molecule is NC(=O)Cc1ccc(NC(=O)C2Cc3ccccc3CN2C(=O)c2ccco2)cc1. The zero-order chi connectivity index (χ0) is 21.1. The quantitative estimate of drug-likeness (QED) is 0.683. The van der Waals surface area contributed by atoms with Crippen LogP contribution >= 0.6 is 0 Å². The van der Waals surface area contributed by atoms with Crippen molar-refractivity contribution in [3.8, 4) is 0 Å². The predicted molar refractivity (Wildman–Crippen MR) is 110 cm³/mol. The average Bonchev–Trinajstić information content (AvgIpc) is 3.28. The van der Waals surface area contributed by atoms with Crippen molar-refractivity contribution in [2.45, 2.75) is 25.4 Å². The first-order valence-corrected chi connectivity index (χ1v) is 9.60. The number of fused-ring (bicyclic) bond motifs is 1. The molecule has 1 aliphatic heterocycles. The summed E-state index contributed by atoms with van der Waals surface area (Å²) < 4.78 is 5.27. The van der Waals surface area contributed by atoms with E-state index in [1.54, 1.807) is 36.4 Å². The summed E-state index contributed by atoms with van der Waals surface area (Å²) in [4.78, 5) is 38.7. The number of rotatable bonds is 5. The third kappa shape index (κ3) is 4.10. The first-order chi connectivity index (χ1) is 14.5. The lowest BCUT2D eigenvalue weighted by Crippen LogP contribution is -2.50. The molecule has 0 saturated heterocycles. The van der Waals surface area contributed by atoms with Crippen molar-refractivity contribution < 1.29 is 18.8 Å². The van der Waals surface area contributed by atoms with Gasteiger partial charge in [0, 0.05) is 18.7 Å². The molecule has 30 heavy (non-hydrogen) atoms. The van der Waals surface area contributed by atoms with Gasteiger partial charge in [-0.1, -0.05) is 36.4 Å². The van der Waals surface area contributed by atoms with E-state index in [0.29, 0.717) is 18.7 Å². The van der Waals surface area contributed by atoms with Gasteiger partial charge in [0.05, 0.1) is 12.7 Å². The van der Waals surface area contributed by atoms with Gasteiger partial charge >= 0.3 is 0 Å². The first kappa shape index (κ1) is 19.4. The van der Waals surface area contributed by atoms with Crippen LogP contribution in [-0.4, -0.2) is 28.7 Å². The molecule has 3 aromatic rings. The molecular weight excluding hydrogens is 382 g/mol. The maximum atomic E-state index is 13.1. The van der Waals surface area contributed by atoms with Gasteiger partial charge in [-0.05, 0) is 41.0 Å². The molecule has 0 saturated carbocycles. The van der Waals surface area contributed by atoms with Gasteiger partial charge in [-0.2, -0.15) is 0 Å². The van der Waals surface area contributed by atoms with Crippen molar-refractivity contribution in [1.29, 1.82) is 0 Å². The third-order valence-electron chi connectivity index (χ3n) is 5.14. The van der Waals surface area contributed by atoms with Gasteiger partial charge in [0.2, 0.25) is 11.8 Å². The van der Waals surface area contributed by atoms with Gasteiger partial charge in [-0.15, -0.1) is 0 Å². The molecule has 1 aliphatic rings. The minimum atomic E-state index is -0.678. The van der Waals surface area contributed by atoms with E-state index in [1.165, 1.54) is 11.2 Å². The number of hydrogen-bond donors (Lipinski definition) is 2. The lowest BCUT2D eigenvalue weighted by atomic mass is 9.93. The van der Waals surface area contributed by atoms with Crippen LogP contribution in [-0.2, 0) is 29.0 Å². The van der Waals surface area contributed by atoms with Gasteiger partial charge in [0.15, 0.2) is 5.76 Å². The van der Waals surface area contributed by atoms with Crippen molar-refractivity contribution in [3.05, 3.63) is 89.4 Å². The number of primary amides is 1. The Morgan fingerprint density at radius 1 is 1.00 bits per heavy atom. The number of furan rings is 1. The van der Waals surface area contributed by atoms with Gasteiger partial charge in [-0.25, -0.2) is 0 Å². The summed E-state index contributed by atoms with van der Waals surface area (Å²) >= 11 is 0. The summed E-state index contributed by atoms with van der Waals surface area (Å²) in [6.45, 7) is 0.325. The maximum absolute atomic E-state index is 13.1. The molecule has 0 bridgehead atoms. The number of nitrogens with two attached hydrogens (primary N) is 1. The molecule has 7 heteroatoms. The summed E-state index contributed by atoms with van der Waals surface area (Å²) in [5.41, 5.74) is 8.61. The monoisotopic (exact) mass is 403 g/mol. The molecule has 7 nitrogen and oxygen atoms in total. The second-order valence-electron chi connectivity index (χ2n) is 7.23. The van der Waals surface area contributed by atoms with E-state index >= 15 is 0 Å². The van der Waals surface area contributed by atoms with Crippen LogP contribution < -0.4 is 11.1 Å². The molecule has 1 atom stereocenters.